The minimum atomic E-state index is 0.435. The zero-order valence-corrected chi connectivity index (χ0v) is 11.7. The van der Waals surface area contributed by atoms with Crippen molar-refractivity contribution in [1.82, 2.24) is 10.2 Å². The van der Waals surface area contributed by atoms with E-state index in [4.69, 9.17) is 5.73 Å². The van der Waals surface area contributed by atoms with Crippen LogP contribution in [0.1, 0.15) is 35.9 Å². The fourth-order valence-corrected chi connectivity index (χ4v) is 2.46. The molecule has 1 aromatic heterocycles. The van der Waals surface area contributed by atoms with Crippen LogP contribution in [0.25, 0.3) is 0 Å². The monoisotopic (exact) mass is 262 g/mol. The Bertz CT molecular complexity index is 534. The molecule has 1 aromatic carbocycles. The Kier molecular flexibility index (Phi) is 3.93. The second-order valence-corrected chi connectivity index (χ2v) is 5.59. The first-order valence-electron chi connectivity index (χ1n) is 6.00. The number of aromatic nitrogens is 2. The predicted octanol–water partition coefficient (Wildman–Crippen LogP) is 3.17. The van der Waals surface area contributed by atoms with E-state index in [1.807, 2.05) is 0 Å². The molecule has 2 rings (SSSR count). The summed E-state index contributed by atoms with van der Waals surface area (Å²) in [5.41, 5.74) is 9.18. The predicted molar refractivity (Wildman–Crippen MR) is 76.4 cm³/mol. The lowest BCUT2D eigenvalue weighted by molar-refractivity contribution is 0.867. The number of nitrogens with zero attached hydrogens (tertiary/aromatic N) is 2. The molecule has 4 nitrogen and oxygen atoms in total. The second kappa shape index (κ2) is 5.46. The fraction of sp³-hybridized carbons (Fsp3) is 0.385. The Balaban J connectivity index is 2.33. The molecule has 0 amide bonds. The normalized spacial score (nSPS) is 10.9. The summed E-state index contributed by atoms with van der Waals surface area (Å²) in [6.45, 7) is 6.90. The van der Waals surface area contributed by atoms with Gasteiger partial charge in [0.2, 0.25) is 5.13 Å². The van der Waals surface area contributed by atoms with E-state index in [9.17, 15) is 0 Å². The first-order chi connectivity index (χ1) is 8.61. The number of benzene rings is 1. The molecule has 0 aliphatic carbocycles. The summed E-state index contributed by atoms with van der Waals surface area (Å²) in [5.74, 6) is 0.467. The molecular weight excluding hydrogens is 244 g/mol. The summed E-state index contributed by atoms with van der Waals surface area (Å²) < 4.78 is 0. The van der Waals surface area contributed by atoms with Crippen LogP contribution in [0, 0.1) is 6.92 Å². The van der Waals surface area contributed by atoms with Crippen LogP contribution < -0.4 is 11.1 Å². The summed E-state index contributed by atoms with van der Waals surface area (Å²) >= 11 is 1.50. The molecule has 0 atom stereocenters. The van der Waals surface area contributed by atoms with Crippen molar-refractivity contribution in [3.63, 3.8) is 0 Å². The maximum atomic E-state index is 5.54. The summed E-state index contributed by atoms with van der Waals surface area (Å²) in [5, 5.41) is 13.1. The fourth-order valence-electron chi connectivity index (χ4n) is 1.84. The average Bonchev–Trinajstić information content (AvgIpc) is 2.79. The smallest absolute Gasteiger partial charge is 0.210 e. The highest BCUT2D eigenvalue weighted by atomic mass is 32.1. The van der Waals surface area contributed by atoms with E-state index in [0.29, 0.717) is 12.5 Å². The molecule has 2 aromatic rings. The summed E-state index contributed by atoms with van der Waals surface area (Å²) in [4.78, 5) is 0. The van der Waals surface area contributed by atoms with Crippen molar-refractivity contribution in [1.29, 1.82) is 0 Å². The highest BCUT2D eigenvalue weighted by Gasteiger charge is 2.11. The summed E-state index contributed by atoms with van der Waals surface area (Å²) in [6.07, 6.45) is 0. The van der Waals surface area contributed by atoms with Gasteiger partial charge in [-0.15, -0.1) is 10.2 Å². The van der Waals surface area contributed by atoms with Crippen LogP contribution in [0.15, 0.2) is 18.2 Å². The molecule has 0 bridgehead atoms. The van der Waals surface area contributed by atoms with Crippen molar-refractivity contribution in [2.75, 3.05) is 5.32 Å². The van der Waals surface area contributed by atoms with E-state index >= 15 is 0 Å². The van der Waals surface area contributed by atoms with Crippen molar-refractivity contribution >= 4 is 22.2 Å². The van der Waals surface area contributed by atoms with Gasteiger partial charge in [-0.3, -0.25) is 0 Å². The standard InChI is InChI=1S/C13H18N4S/c1-8(2)10-6-4-5-9(3)12(10)15-13-17-16-11(7-14)18-13/h4-6,8H,7,14H2,1-3H3,(H,15,17). The second-order valence-electron chi connectivity index (χ2n) is 4.52. The Morgan fingerprint density at radius 3 is 2.72 bits per heavy atom. The van der Waals surface area contributed by atoms with Gasteiger partial charge in [-0.05, 0) is 24.0 Å². The third-order valence-electron chi connectivity index (χ3n) is 2.80. The lowest BCUT2D eigenvalue weighted by atomic mass is 9.98. The molecule has 0 saturated carbocycles. The molecule has 0 aliphatic heterocycles. The van der Waals surface area contributed by atoms with Crippen molar-refractivity contribution in [3.05, 3.63) is 34.3 Å². The first kappa shape index (κ1) is 13.0. The van der Waals surface area contributed by atoms with Gasteiger partial charge in [-0.25, -0.2) is 0 Å². The van der Waals surface area contributed by atoms with Gasteiger partial charge >= 0.3 is 0 Å². The number of anilines is 2. The number of nitrogens with two attached hydrogens (primary N) is 1. The van der Waals surface area contributed by atoms with Crippen LogP contribution in [0.5, 0.6) is 0 Å². The maximum absolute atomic E-state index is 5.54. The first-order valence-corrected chi connectivity index (χ1v) is 6.82. The number of rotatable bonds is 4. The Morgan fingerprint density at radius 1 is 1.33 bits per heavy atom. The van der Waals surface area contributed by atoms with E-state index in [-0.39, 0.29) is 0 Å². The van der Waals surface area contributed by atoms with Crippen LogP contribution in [0.2, 0.25) is 0 Å². The Morgan fingerprint density at radius 2 is 2.11 bits per heavy atom. The molecule has 96 valence electrons. The van der Waals surface area contributed by atoms with Crippen molar-refractivity contribution in [2.45, 2.75) is 33.2 Å². The zero-order chi connectivity index (χ0) is 13.1. The Hall–Kier alpha value is -1.46. The molecule has 1 heterocycles. The topological polar surface area (TPSA) is 63.8 Å². The summed E-state index contributed by atoms with van der Waals surface area (Å²) in [7, 11) is 0. The van der Waals surface area contributed by atoms with Gasteiger partial charge in [0.1, 0.15) is 5.01 Å². The molecule has 0 radical (unpaired) electrons. The number of hydrogen-bond donors (Lipinski definition) is 2. The Labute approximate surface area is 111 Å². The van der Waals surface area contributed by atoms with Gasteiger partial charge in [-0.2, -0.15) is 0 Å². The van der Waals surface area contributed by atoms with Gasteiger partial charge < -0.3 is 11.1 Å². The third-order valence-corrected chi connectivity index (χ3v) is 3.66. The average molecular weight is 262 g/mol. The molecular formula is C13H18N4S. The van der Waals surface area contributed by atoms with Gasteiger partial charge in [-0.1, -0.05) is 43.4 Å². The van der Waals surface area contributed by atoms with Crippen LogP contribution in [0.4, 0.5) is 10.8 Å². The summed E-state index contributed by atoms with van der Waals surface area (Å²) in [6, 6.07) is 6.32. The number of aryl methyl sites for hydroxylation is 1. The number of hydrogen-bond acceptors (Lipinski definition) is 5. The number of nitrogens with one attached hydrogen (secondary N) is 1. The minimum Gasteiger partial charge on any atom is -0.330 e. The van der Waals surface area contributed by atoms with Gasteiger partial charge in [0.15, 0.2) is 0 Å². The SMILES string of the molecule is Cc1cccc(C(C)C)c1Nc1nnc(CN)s1. The van der Waals surface area contributed by atoms with Crippen molar-refractivity contribution in [2.24, 2.45) is 5.73 Å². The molecule has 0 fully saturated rings. The van der Waals surface area contributed by atoms with Crippen molar-refractivity contribution in [3.8, 4) is 0 Å². The highest BCUT2D eigenvalue weighted by Crippen LogP contribution is 2.31. The van der Waals surface area contributed by atoms with E-state index < -0.39 is 0 Å². The van der Waals surface area contributed by atoms with E-state index in [2.05, 4.69) is 54.5 Å². The zero-order valence-electron chi connectivity index (χ0n) is 10.9. The lowest BCUT2D eigenvalue weighted by Gasteiger charge is -2.15. The molecule has 0 saturated heterocycles. The minimum absolute atomic E-state index is 0.435. The molecule has 18 heavy (non-hydrogen) atoms. The molecule has 0 aliphatic rings. The highest BCUT2D eigenvalue weighted by molar-refractivity contribution is 7.15. The van der Waals surface area contributed by atoms with Crippen LogP contribution in [-0.4, -0.2) is 10.2 Å². The van der Waals surface area contributed by atoms with E-state index in [1.165, 1.54) is 22.5 Å². The quantitative estimate of drug-likeness (QED) is 0.888. The number of para-hydroxylation sites is 1. The van der Waals surface area contributed by atoms with Gasteiger partial charge in [0.25, 0.3) is 0 Å². The van der Waals surface area contributed by atoms with Crippen molar-refractivity contribution < 1.29 is 0 Å². The largest absolute Gasteiger partial charge is 0.330 e. The van der Waals surface area contributed by atoms with E-state index in [1.54, 1.807) is 0 Å². The molecule has 3 N–H and O–H groups in total. The van der Waals surface area contributed by atoms with E-state index in [0.717, 1.165) is 15.8 Å². The molecule has 5 heteroatoms. The molecule has 0 spiro atoms. The van der Waals surface area contributed by atoms with Crippen LogP contribution >= 0.6 is 11.3 Å². The van der Waals surface area contributed by atoms with Gasteiger partial charge in [0.05, 0.1) is 0 Å². The van der Waals surface area contributed by atoms with Crippen LogP contribution in [0.3, 0.4) is 0 Å². The lowest BCUT2D eigenvalue weighted by Crippen LogP contribution is -2.00. The molecule has 0 unspecified atom stereocenters. The van der Waals surface area contributed by atoms with Gasteiger partial charge in [0, 0.05) is 12.2 Å². The van der Waals surface area contributed by atoms with Crippen LogP contribution in [-0.2, 0) is 6.54 Å². The maximum Gasteiger partial charge on any atom is 0.210 e. The third kappa shape index (κ3) is 2.68.